The monoisotopic (exact) mass is 393 g/mol. The summed E-state index contributed by atoms with van der Waals surface area (Å²) in [7, 11) is -3.55. The number of hydrogen-bond donors (Lipinski definition) is 1. The first-order chi connectivity index (χ1) is 13.0. The van der Waals surface area contributed by atoms with E-state index in [2.05, 4.69) is 9.62 Å². The van der Waals surface area contributed by atoms with Crippen molar-refractivity contribution in [1.82, 2.24) is 14.5 Å². The largest absolute Gasteiger partial charge is 0.377 e. The van der Waals surface area contributed by atoms with Crippen molar-refractivity contribution in [2.24, 2.45) is 0 Å². The van der Waals surface area contributed by atoms with Crippen molar-refractivity contribution in [3.63, 3.8) is 0 Å². The van der Waals surface area contributed by atoms with Crippen LogP contribution in [0.25, 0.3) is 0 Å². The molecule has 1 unspecified atom stereocenters. The Balaban J connectivity index is 1.36. The number of sulfonamides is 1. The highest BCUT2D eigenvalue weighted by atomic mass is 32.2. The lowest BCUT2D eigenvalue weighted by atomic mass is 10.1. The van der Waals surface area contributed by atoms with Gasteiger partial charge in [0, 0.05) is 50.9 Å². The molecular formula is C19H27N3O4S. The molecule has 1 aromatic rings. The molecule has 0 bridgehead atoms. The maximum Gasteiger partial charge on any atom is 0.253 e. The molecule has 1 atom stereocenters. The van der Waals surface area contributed by atoms with Gasteiger partial charge in [0.15, 0.2) is 0 Å². The Morgan fingerprint density at radius 3 is 2.59 bits per heavy atom. The molecule has 1 aliphatic carbocycles. The minimum Gasteiger partial charge on any atom is -0.377 e. The maximum absolute atomic E-state index is 12.8. The Labute approximate surface area is 160 Å². The number of carbonyl (C=O) groups excluding carboxylic acids is 1. The second kappa shape index (κ2) is 7.87. The fourth-order valence-corrected chi connectivity index (χ4v) is 5.03. The predicted octanol–water partition coefficient (Wildman–Crippen LogP) is 1.06. The molecule has 0 radical (unpaired) electrons. The van der Waals surface area contributed by atoms with E-state index < -0.39 is 10.0 Å². The lowest BCUT2D eigenvalue weighted by Crippen LogP contribution is -2.50. The fraction of sp³-hybridized carbons (Fsp3) is 0.632. The van der Waals surface area contributed by atoms with E-state index in [0.29, 0.717) is 24.8 Å². The Bertz CT molecular complexity index is 780. The van der Waals surface area contributed by atoms with Gasteiger partial charge in [0.1, 0.15) is 0 Å². The van der Waals surface area contributed by atoms with Gasteiger partial charge in [-0.15, -0.1) is 0 Å². The van der Waals surface area contributed by atoms with Crippen molar-refractivity contribution in [3.8, 4) is 0 Å². The smallest absolute Gasteiger partial charge is 0.253 e. The summed E-state index contributed by atoms with van der Waals surface area (Å²) in [6, 6.07) is 6.41. The highest BCUT2D eigenvalue weighted by Gasteiger charge is 2.29. The second-order valence-electron chi connectivity index (χ2n) is 7.65. The Kier molecular flexibility index (Phi) is 5.50. The summed E-state index contributed by atoms with van der Waals surface area (Å²) in [5.74, 6) is -0.102. The first kappa shape index (κ1) is 18.9. The molecule has 2 saturated heterocycles. The van der Waals surface area contributed by atoms with Crippen molar-refractivity contribution in [2.75, 3.05) is 39.3 Å². The molecule has 3 aliphatic rings. The van der Waals surface area contributed by atoms with Gasteiger partial charge >= 0.3 is 0 Å². The molecule has 7 nitrogen and oxygen atoms in total. The SMILES string of the molecule is O=C(c1cccc(S(=O)(=O)NC2CC2)c1)N1CCN(CC2CCCO2)CC1. The van der Waals surface area contributed by atoms with Crippen LogP contribution < -0.4 is 4.72 Å². The molecule has 1 amide bonds. The Morgan fingerprint density at radius 1 is 1.15 bits per heavy atom. The number of carbonyl (C=O) groups is 1. The zero-order valence-electron chi connectivity index (χ0n) is 15.5. The number of amides is 1. The summed E-state index contributed by atoms with van der Waals surface area (Å²) in [5.41, 5.74) is 0.432. The number of piperazine rings is 1. The molecule has 2 aliphatic heterocycles. The minimum atomic E-state index is -3.55. The number of hydrogen-bond acceptors (Lipinski definition) is 5. The standard InChI is InChI=1S/C19H27N3O4S/c23-19(22-10-8-21(9-11-22)14-17-4-2-12-26-17)15-3-1-5-18(13-15)27(24,25)20-16-6-7-16/h1,3,5,13,16-17,20H,2,4,6-12,14H2. The number of rotatable bonds is 6. The van der Waals surface area contributed by atoms with Crippen molar-refractivity contribution in [2.45, 2.75) is 42.7 Å². The van der Waals surface area contributed by atoms with Crippen LogP contribution in [0.5, 0.6) is 0 Å². The summed E-state index contributed by atoms with van der Waals surface area (Å²) >= 11 is 0. The summed E-state index contributed by atoms with van der Waals surface area (Å²) in [5, 5.41) is 0. The molecule has 27 heavy (non-hydrogen) atoms. The first-order valence-electron chi connectivity index (χ1n) is 9.77. The highest BCUT2D eigenvalue weighted by molar-refractivity contribution is 7.89. The van der Waals surface area contributed by atoms with Crippen LogP contribution in [0.1, 0.15) is 36.0 Å². The summed E-state index contributed by atoms with van der Waals surface area (Å²) in [6.45, 7) is 4.76. The molecule has 1 aromatic carbocycles. The van der Waals surface area contributed by atoms with Crippen molar-refractivity contribution < 1.29 is 17.9 Å². The van der Waals surface area contributed by atoms with Gasteiger partial charge in [-0.05, 0) is 43.9 Å². The molecule has 148 valence electrons. The summed E-state index contributed by atoms with van der Waals surface area (Å²) in [6.07, 6.45) is 4.35. The predicted molar refractivity (Wildman–Crippen MR) is 101 cm³/mol. The zero-order chi connectivity index (χ0) is 18.9. The third-order valence-electron chi connectivity index (χ3n) is 5.44. The van der Waals surface area contributed by atoms with Crippen LogP contribution in [0.3, 0.4) is 0 Å². The third kappa shape index (κ3) is 4.68. The van der Waals surface area contributed by atoms with Crippen LogP contribution >= 0.6 is 0 Å². The van der Waals surface area contributed by atoms with E-state index in [-0.39, 0.29) is 16.8 Å². The molecule has 3 fully saturated rings. The maximum atomic E-state index is 12.8. The van der Waals surface area contributed by atoms with E-state index in [1.807, 2.05) is 4.90 Å². The van der Waals surface area contributed by atoms with E-state index in [9.17, 15) is 13.2 Å². The van der Waals surface area contributed by atoms with E-state index >= 15 is 0 Å². The van der Waals surface area contributed by atoms with Crippen molar-refractivity contribution in [3.05, 3.63) is 29.8 Å². The Morgan fingerprint density at radius 2 is 1.93 bits per heavy atom. The first-order valence-corrected chi connectivity index (χ1v) is 11.3. The number of ether oxygens (including phenoxy) is 1. The third-order valence-corrected chi connectivity index (χ3v) is 6.95. The average Bonchev–Trinajstić information content (AvgIpc) is 3.33. The van der Waals surface area contributed by atoms with Crippen LogP contribution in [0, 0.1) is 0 Å². The zero-order valence-corrected chi connectivity index (χ0v) is 16.3. The fourth-order valence-electron chi connectivity index (χ4n) is 3.68. The van der Waals surface area contributed by atoms with Gasteiger partial charge in [-0.1, -0.05) is 6.07 Å². The van der Waals surface area contributed by atoms with Gasteiger partial charge in [-0.3, -0.25) is 9.69 Å². The number of nitrogens with one attached hydrogen (secondary N) is 1. The lowest BCUT2D eigenvalue weighted by molar-refractivity contribution is 0.0432. The normalized spacial score (nSPS) is 24.3. The van der Waals surface area contributed by atoms with Crippen LogP contribution in [-0.4, -0.2) is 75.6 Å². The quantitative estimate of drug-likeness (QED) is 0.782. The van der Waals surface area contributed by atoms with E-state index in [4.69, 9.17) is 4.74 Å². The Hall–Kier alpha value is -1.48. The lowest BCUT2D eigenvalue weighted by Gasteiger charge is -2.35. The van der Waals surface area contributed by atoms with E-state index in [1.54, 1.807) is 18.2 Å². The molecule has 2 heterocycles. The summed E-state index contributed by atoms with van der Waals surface area (Å²) in [4.78, 5) is 17.2. The van der Waals surface area contributed by atoms with Crippen LogP contribution in [0.15, 0.2) is 29.2 Å². The van der Waals surface area contributed by atoms with Gasteiger partial charge in [0.25, 0.3) is 5.91 Å². The van der Waals surface area contributed by atoms with Crippen LogP contribution in [0.4, 0.5) is 0 Å². The van der Waals surface area contributed by atoms with Crippen molar-refractivity contribution in [1.29, 1.82) is 0 Å². The second-order valence-corrected chi connectivity index (χ2v) is 9.37. The summed E-state index contributed by atoms with van der Waals surface area (Å²) < 4.78 is 33.1. The minimum absolute atomic E-state index is 0.0475. The van der Waals surface area contributed by atoms with Gasteiger partial charge in [0.05, 0.1) is 11.0 Å². The van der Waals surface area contributed by atoms with E-state index in [0.717, 1.165) is 51.9 Å². The van der Waals surface area contributed by atoms with Gasteiger partial charge < -0.3 is 9.64 Å². The number of nitrogens with zero attached hydrogens (tertiary/aromatic N) is 2. The molecule has 0 aromatic heterocycles. The molecule has 4 rings (SSSR count). The van der Waals surface area contributed by atoms with Crippen LogP contribution in [0.2, 0.25) is 0 Å². The molecule has 8 heteroatoms. The molecule has 1 saturated carbocycles. The van der Waals surface area contributed by atoms with Gasteiger partial charge in [-0.2, -0.15) is 0 Å². The van der Waals surface area contributed by atoms with Gasteiger partial charge in [0.2, 0.25) is 10.0 Å². The molecular weight excluding hydrogens is 366 g/mol. The topological polar surface area (TPSA) is 79.0 Å². The number of benzene rings is 1. The average molecular weight is 394 g/mol. The van der Waals surface area contributed by atoms with E-state index in [1.165, 1.54) is 6.07 Å². The molecule has 0 spiro atoms. The van der Waals surface area contributed by atoms with Crippen molar-refractivity contribution >= 4 is 15.9 Å². The van der Waals surface area contributed by atoms with Gasteiger partial charge in [-0.25, -0.2) is 13.1 Å². The highest BCUT2D eigenvalue weighted by Crippen LogP contribution is 2.23. The molecule has 1 N–H and O–H groups in total. The van der Waals surface area contributed by atoms with Crippen LogP contribution in [-0.2, 0) is 14.8 Å².